The van der Waals surface area contributed by atoms with E-state index in [2.05, 4.69) is 10.6 Å². The van der Waals surface area contributed by atoms with Crippen molar-refractivity contribution in [2.24, 2.45) is 0 Å². The van der Waals surface area contributed by atoms with Gasteiger partial charge >= 0.3 is 0 Å². The van der Waals surface area contributed by atoms with Crippen LogP contribution in [0, 0.1) is 0 Å². The first-order valence-corrected chi connectivity index (χ1v) is 10.3. The Balaban J connectivity index is 2.31. The highest BCUT2D eigenvalue weighted by Crippen LogP contribution is 2.30. The molecule has 1 fully saturated rings. The highest BCUT2D eigenvalue weighted by atomic mass is 32.2. The van der Waals surface area contributed by atoms with Crippen LogP contribution < -0.4 is 15.4 Å². The molecule has 2 unspecified atom stereocenters. The minimum absolute atomic E-state index is 0.0280. The maximum Gasteiger partial charge on any atom is 0.246 e. The molecule has 9 heteroatoms. The first-order chi connectivity index (χ1) is 12.3. The number of rotatable bonds is 8. The number of carbonyl (C=O) groups is 1. The van der Waals surface area contributed by atoms with Crippen LogP contribution in [0.1, 0.15) is 27.2 Å². The number of nitrogens with zero attached hydrogens (tertiary/aromatic N) is 1. The van der Waals surface area contributed by atoms with Crippen LogP contribution in [0.15, 0.2) is 23.1 Å². The molecule has 26 heavy (non-hydrogen) atoms. The summed E-state index contributed by atoms with van der Waals surface area (Å²) in [5, 5.41) is 15.2. The molecular weight excluding hydrogens is 358 g/mol. The third-order valence-electron chi connectivity index (χ3n) is 4.26. The summed E-state index contributed by atoms with van der Waals surface area (Å²) < 4.78 is 32.6. The van der Waals surface area contributed by atoms with Gasteiger partial charge < -0.3 is 20.5 Å². The molecule has 3 N–H and O–H groups in total. The van der Waals surface area contributed by atoms with Crippen LogP contribution in [0.2, 0.25) is 0 Å². The summed E-state index contributed by atoms with van der Waals surface area (Å²) in [5.74, 6) is -0.0521. The highest BCUT2D eigenvalue weighted by molar-refractivity contribution is 7.89. The van der Waals surface area contributed by atoms with Crippen LogP contribution in [0.25, 0.3) is 0 Å². The number of aliphatic hydroxyl groups excluding tert-OH is 1. The predicted octanol–water partition coefficient (Wildman–Crippen LogP) is 0.777. The van der Waals surface area contributed by atoms with Gasteiger partial charge in [0.05, 0.1) is 18.8 Å². The Bertz CT molecular complexity index is 734. The van der Waals surface area contributed by atoms with Crippen molar-refractivity contribution >= 4 is 21.6 Å². The second-order valence-electron chi connectivity index (χ2n) is 6.02. The molecule has 0 aromatic heterocycles. The third kappa shape index (κ3) is 4.53. The number of hydrogen-bond donors (Lipinski definition) is 3. The molecule has 0 spiro atoms. The number of hydrogen-bond acceptors (Lipinski definition) is 6. The largest absolute Gasteiger partial charge is 0.492 e. The quantitative estimate of drug-likeness (QED) is 0.610. The number of amides is 1. The van der Waals surface area contributed by atoms with E-state index >= 15 is 0 Å². The zero-order valence-corrected chi connectivity index (χ0v) is 16.2. The number of nitrogens with one attached hydrogen (secondary N) is 2. The van der Waals surface area contributed by atoms with Crippen LogP contribution in [0.3, 0.4) is 0 Å². The molecule has 1 aromatic rings. The van der Waals surface area contributed by atoms with Crippen LogP contribution in [-0.2, 0) is 14.8 Å². The average molecular weight is 385 g/mol. The van der Waals surface area contributed by atoms with Gasteiger partial charge in [-0.15, -0.1) is 0 Å². The van der Waals surface area contributed by atoms with E-state index in [0.717, 1.165) is 0 Å². The third-order valence-corrected chi connectivity index (χ3v) is 6.33. The summed E-state index contributed by atoms with van der Waals surface area (Å²) in [6.45, 7) is 6.68. The van der Waals surface area contributed by atoms with E-state index in [9.17, 15) is 18.3 Å². The molecule has 0 bridgehead atoms. The topological polar surface area (TPSA) is 108 Å². The maximum atomic E-state index is 12.9. The van der Waals surface area contributed by atoms with Crippen LogP contribution >= 0.6 is 0 Å². The second kappa shape index (κ2) is 8.81. The lowest BCUT2D eigenvalue weighted by Gasteiger charge is -2.21. The highest BCUT2D eigenvalue weighted by Gasteiger charge is 2.29. The van der Waals surface area contributed by atoms with Gasteiger partial charge in [-0.05, 0) is 31.5 Å². The van der Waals surface area contributed by atoms with Gasteiger partial charge in [0.1, 0.15) is 10.6 Å². The Morgan fingerprint density at radius 3 is 2.58 bits per heavy atom. The molecule has 2 rings (SSSR count). The second-order valence-corrected chi connectivity index (χ2v) is 7.93. The summed E-state index contributed by atoms with van der Waals surface area (Å²) in [6.07, 6.45) is -0.224. The van der Waals surface area contributed by atoms with E-state index in [0.29, 0.717) is 38.3 Å². The lowest BCUT2D eigenvalue weighted by atomic mass is 10.2. The average Bonchev–Trinajstić information content (AvgIpc) is 3.04. The summed E-state index contributed by atoms with van der Waals surface area (Å²) >= 11 is 0. The molecular formula is C17H27N3O5S. The number of aliphatic hydroxyl groups is 1. The van der Waals surface area contributed by atoms with Gasteiger partial charge in [-0.2, -0.15) is 4.31 Å². The summed E-state index contributed by atoms with van der Waals surface area (Å²) in [5.41, 5.74) is 0.368. The van der Waals surface area contributed by atoms with Crippen molar-refractivity contribution in [1.82, 2.24) is 9.62 Å². The fourth-order valence-electron chi connectivity index (χ4n) is 2.91. The monoisotopic (exact) mass is 385 g/mol. The molecule has 0 saturated carbocycles. The maximum absolute atomic E-state index is 12.9. The number of β-amino-alcohol motifs (C(OH)–C–C–N with tert-alkyl or cyclic N) is 1. The van der Waals surface area contributed by atoms with Gasteiger partial charge in [0.2, 0.25) is 15.9 Å². The molecule has 2 atom stereocenters. The normalized spacial score (nSPS) is 20.3. The Hall–Kier alpha value is -1.68. The number of carbonyl (C=O) groups excluding carboxylic acids is 1. The Labute approximate surface area is 154 Å². The zero-order chi connectivity index (χ0) is 19.3. The Morgan fingerprint density at radius 1 is 1.35 bits per heavy atom. The Morgan fingerprint density at radius 2 is 2.04 bits per heavy atom. The van der Waals surface area contributed by atoms with Gasteiger partial charge in [-0.3, -0.25) is 4.79 Å². The minimum atomic E-state index is -3.74. The molecule has 1 amide bonds. The van der Waals surface area contributed by atoms with Gasteiger partial charge in [-0.1, -0.05) is 13.8 Å². The van der Waals surface area contributed by atoms with Gasteiger partial charge in [-0.25, -0.2) is 8.42 Å². The van der Waals surface area contributed by atoms with Crippen molar-refractivity contribution in [3.05, 3.63) is 18.2 Å². The smallest absolute Gasteiger partial charge is 0.246 e. The molecule has 146 valence electrons. The van der Waals surface area contributed by atoms with Crippen LogP contribution in [0.4, 0.5) is 5.69 Å². The van der Waals surface area contributed by atoms with Gasteiger partial charge in [0.15, 0.2) is 0 Å². The van der Waals surface area contributed by atoms with Crippen molar-refractivity contribution in [3.63, 3.8) is 0 Å². The standard InChI is InChI=1S/C17H27N3O5S/c1-4-20(5-2)26(23,24)16-9-12(7-8-15(16)25-6-3)19-17(22)14-10-13(21)11-18-14/h7-9,13-14,18,21H,4-6,10-11H2,1-3H3,(H,19,22). The van der Waals surface area contributed by atoms with Crippen LogP contribution in [-0.4, -0.2) is 62.1 Å². The van der Waals surface area contributed by atoms with Crippen LogP contribution in [0.5, 0.6) is 5.75 Å². The van der Waals surface area contributed by atoms with Gasteiger partial charge in [0, 0.05) is 25.3 Å². The molecule has 0 radical (unpaired) electrons. The van der Waals surface area contributed by atoms with E-state index in [-0.39, 0.29) is 16.6 Å². The SMILES string of the molecule is CCOc1ccc(NC(=O)C2CC(O)CN2)cc1S(=O)(=O)N(CC)CC. The summed E-state index contributed by atoms with van der Waals surface area (Å²) in [4.78, 5) is 12.3. The van der Waals surface area contributed by atoms with E-state index in [4.69, 9.17) is 4.74 Å². The lowest BCUT2D eigenvalue weighted by Crippen LogP contribution is -2.35. The molecule has 8 nitrogen and oxygen atoms in total. The zero-order valence-electron chi connectivity index (χ0n) is 15.4. The Kier molecular flexibility index (Phi) is 6.99. The number of ether oxygens (including phenoxy) is 1. The number of sulfonamides is 1. The minimum Gasteiger partial charge on any atom is -0.492 e. The molecule has 1 aliphatic rings. The molecule has 0 aliphatic carbocycles. The van der Waals surface area contributed by atoms with Crippen molar-refractivity contribution < 1.29 is 23.1 Å². The first kappa shape index (κ1) is 20.6. The molecule has 1 saturated heterocycles. The fraction of sp³-hybridized carbons (Fsp3) is 0.588. The van der Waals surface area contributed by atoms with Crippen molar-refractivity contribution in [1.29, 1.82) is 0 Å². The molecule has 1 aromatic carbocycles. The van der Waals surface area contributed by atoms with E-state index in [1.165, 1.54) is 10.4 Å². The summed E-state index contributed by atoms with van der Waals surface area (Å²) in [7, 11) is -3.74. The van der Waals surface area contributed by atoms with Crippen molar-refractivity contribution in [2.75, 3.05) is 31.6 Å². The van der Waals surface area contributed by atoms with E-state index < -0.39 is 22.2 Å². The number of anilines is 1. The summed E-state index contributed by atoms with van der Waals surface area (Å²) in [6, 6.07) is 4.07. The first-order valence-electron chi connectivity index (χ1n) is 8.82. The predicted molar refractivity (Wildman–Crippen MR) is 98.8 cm³/mol. The van der Waals surface area contributed by atoms with E-state index in [1.54, 1.807) is 32.9 Å². The fourth-order valence-corrected chi connectivity index (χ4v) is 4.53. The van der Waals surface area contributed by atoms with Crippen molar-refractivity contribution in [3.8, 4) is 5.75 Å². The van der Waals surface area contributed by atoms with Gasteiger partial charge in [0.25, 0.3) is 0 Å². The van der Waals surface area contributed by atoms with E-state index in [1.807, 2.05) is 0 Å². The molecule has 1 heterocycles. The lowest BCUT2D eigenvalue weighted by molar-refractivity contribution is -0.117. The number of benzene rings is 1. The van der Waals surface area contributed by atoms with Crippen molar-refractivity contribution in [2.45, 2.75) is 44.2 Å². The molecule has 1 aliphatic heterocycles.